The summed E-state index contributed by atoms with van der Waals surface area (Å²) < 4.78 is 95.4. The van der Waals surface area contributed by atoms with Crippen molar-refractivity contribution in [3.63, 3.8) is 0 Å². The maximum absolute atomic E-state index is 13.2. The van der Waals surface area contributed by atoms with Gasteiger partial charge in [-0.05, 0) is 41.6 Å². The Morgan fingerprint density at radius 2 is 1.68 bits per heavy atom. The average Bonchev–Trinajstić information content (AvgIpc) is 2.84. The summed E-state index contributed by atoms with van der Waals surface area (Å²) in [6, 6.07) is 9.37. The van der Waals surface area contributed by atoms with E-state index in [0.717, 1.165) is 28.9 Å². The number of hydrogen-bond donors (Lipinski definition) is 0. The molecule has 4 rings (SSSR count). The molecule has 2 heterocycles. The lowest BCUT2D eigenvalue weighted by Gasteiger charge is -2.17. The van der Waals surface area contributed by atoms with Gasteiger partial charge in [0.05, 0.1) is 22.0 Å². The van der Waals surface area contributed by atoms with E-state index in [0.29, 0.717) is 21.8 Å². The summed E-state index contributed by atoms with van der Waals surface area (Å²) >= 11 is 1.29. The molecule has 0 saturated heterocycles. The van der Waals surface area contributed by atoms with Crippen LogP contribution in [0.3, 0.4) is 0 Å². The van der Waals surface area contributed by atoms with E-state index >= 15 is 0 Å². The number of benzene rings is 2. The molecule has 0 aliphatic carbocycles. The summed E-state index contributed by atoms with van der Waals surface area (Å²) in [6.45, 7) is 1.84. The maximum Gasteiger partial charge on any atom is 0.461 e. The molecule has 5 nitrogen and oxygen atoms in total. The zero-order chi connectivity index (χ0) is 27.0. The van der Waals surface area contributed by atoms with Crippen LogP contribution < -0.4 is 10.3 Å². The van der Waals surface area contributed by atoms with E-state index in [4.69, 9.17) is 0 Å². The number of aromatic nitrogens is 3. The third-order valence-corrected chi connectivity index (χ3v) is 6.04. The van der Waals surface area contributed by atoms with Crippen LogP contribution in [0.2, 0.25) is 0 Å². The summed E-state index contributed by atoms with van der Waals surface area (Å²) in [4.78, 5) is 17.8. The molecule has 37 heavy (non-hydrogen) atoms. The van der Waals surface area contributed by atoms with Crippen LogP contribution in [0.1, 0.15) is 12.5 Å². The number of thioether (sulfide) groups is 1. The largest absolute Gasteiger partial charge is 0.461 e. The van der Waals surface area contributed by atoms with Crippen molar-refractivity contribution < 1.29 is 35.5 Å². The molecule has 0 fully saturated rings. The number of fused-ring (bicyclic) bond motifs is 1. The predicted molar refractivity (Wildman–Crippen MR) is 124 cm³/mol. The summed E-state index contributed by atoms with van der Waals surface area (Å²) in [5, 5.41) is 4.12. The molecule has 0 bridgehead atoms. The number of nitrogens with zero attached hydrogens (tertiary/aromatic N) is 3. The first-order chi connectivity index (χ1) is 17.4. The fraction of sp³-hybridized carbons (Fsp3) is 0.208. The maximum atomic E-state index is 13.2. The minimum Gasteiger partial charge on any atom is -0.428 e. The Kier molecular flexibility index (Phi) is 7.18. The van der Waals surface area contributed by atoms with Crippen molar-refractivity contribution in [2.75, 3.05) is 5.75 Å². The van der Waals surface area contributed by atoms with E-state index in [1.165, 1.54) is 42.4 Å². The Balaban J connectivity index is 1.73. The number of ether oxygens (including phenoxy) is 1. The molecule has 0 spiro atoms. The minimum absolute atomic E-state index is 0.0939. The van der Waals surface area contributed by atoms with Gasteiger partial charge in [-0.25, -0.2) is 4.98 Å². The average molecular weight is 543 g/mol. The van der Waals surface area contributed by atoms with Crippen LogP contribution in [0.25, 0.3) is 27.7 Å². The van der Waals surface area contributed by atoms with Gasteiger partial charge in [-0.15, -0.1) is 11.8 Å². The quantitative estimate of drug-likeness (QED) is 0.189. The smallest absolute Gasteiger partial charge is 0.428 e. The molecular weight excluding hydrogens is 527 g/mol. The molecule has 4 aromatic rings. The monoisotopic (exact) mass is 543 g/mol. The van der Waals surface area contributed by atoms with Gasteiger partial charge in [0.1, 0.15) is 5.75 Å². The van der Waals surface area contributed by atoms with Crippen molar-refractivity contribution in [3.05, 3.63) is 76.8 Å². The van der Waals surface area contributed by atoms with Gasteiger partial charge >= 0.3 is 18.7 Å². The second-order valence-electron chi connectivity index (χ2n) is 7.63. The molecule has 0 radical (unpaired) electrons. The normalized spacial score (nSPS) is 12.4. The van der Waals surface area contributed by atoms with E-state index in [1.54, 1.807) is 6.07 Å². The first-order valence-electron chi connectivity index (χ1n) is 10.6. The van der Waals surface area contributed by atoms with E-state index < -0.39 is 35.6 Å². The van der Waals surface area contributed by atoms with Gasteiger partial charge in [0, 0.05) is 17.1 Å². The van der Waals surface area contributed by atoms with Gasteiger partial charge < -0.3 is 4.74 Å². The fourth-order valence-corrected chi connectivity index (χ4v) is 4.19. The van der Waals surface area contributed by atoms with Gasteiger partial charge in [0.15, 0.2) is 5.82 Å². The van der Waals surface area contributed by atoms with Crippen LogP contribution in [0.5, 0.6) is 5.75 Å². The Labute approximate surface area is 208 Å². The number of alkyl halides is 7. The first-order valence-corrected chi connectivity index (χ1v) is 11.6. The molecule has 0 aliphatic rings. The second kappa shape index (κ2) is 10.0. The van der Waals surface area contributed by atoms with Gasteiger partial charge in [0.25, 0.3) is 5.56 Å². The first kappa shape index (κ1) is 26.5. The third kappa shape index (κ3) is 5.55. The number of halogens is 7. The molecular formula is C24H16F7N3O2S. The van der Waals surface area contributed by atoms with Gasteiger partial charge in [-0.3, -0.25) is 4.79 Å². The lowest BCUT2D eigenvalue weighted by Crippen LogP contribution is -2.33. The predicted octanol–water partition coefficient (Wildman–Crippen LogP) is 6.82. The van der Waals surface area contributed by atoms with Crippen molar-refractivity contribution in [3.8, 4) is 22.7 Å². The Hall–Kier alpha value is -3.61. The standard InChI is InChI=1S/C24H16F7N3O2S/c1-2-37-19-9-15(13-4-7-17(8-5-13)36-24(30,31)22(25)26)11-32-20(19)34-21(35)18-10-16(23(27,28)29)6-3-14(18)12-33-34/h3-12,22H,2H2,1H3. The summed E-state index contributed by atoms with van der Waals surface area (Å²) in [6.07, 6.45) is -10.6. The van der Waals surface area contributed by atoms with Crippen molar-refractivity contribution in [1.82, 2.24) is 14.8 Å². The van der Waals surface area contributed by atoms with Crippen LogP contribution in [-0.4, -0.2) is 33.1 Å². The second-order valence-corrected chi connectivity index (χ2v) is 8.93. The van der Waals surface area contributed by atoms with Crippen molar-refractivity contribution in [2.45, 2.75) is 30.5 Å². The van der Waals surface area contributed by atoms with Gasteiger partial charge in [-0.1, -0.05) is 25.1 Å². The van der Waals surface area contributed by atoms with Crippen LogP contribution in [0.4, 0.5) is 30.7 Å². The molecule has 0 atom stereocenters. The lowest BCUT2D eigenvalue weighted by molar-refractivity contribution is -0.253. The van der Waals surface area contributed by atoms with Crippen LogP contribution in [0, 0.1) is 0 Å². The highest BCUT2D eigenvalue weighted by atomic mass is 32.2. The molecule has 0 N–H and O–H groups in total. The summed E-state index contributed by atoms with van der Waals surface area (Å²) in [7, 11) is 0. The van der Waals surface area contributed by atoms with E-state index in [-0.39, 0.29) is 16.6 Å². The molecule has 0 aliphatic heterocycles. The molecule has 0 saturated carbocycles. The summed E-state index contributed by atoms with van der Waals surface area (Å²) in [5.74, 6) is 0.178. The van der Waals surface area contributed by atoms with E-state index in [9.17, 15) is 35.5 Å². The van der Waals surface area contributed by atoms with Crippen molar-refractivity contribution in [1.29, 1.82) is 0 Å². The molecule has 2 aromatic heterocycles. The van der Waals surface area contributed by atoms with Crippen LogP contribution >= 0.6 is 11.8 Å². The van der Waals surface area contributed by atoms with Crippen LogP contribution in [-0.2, 0) is 6.18 Å². The Morgan fingerprint density at radius 1 is 0.973 bits per heavy atom. The molecule has 0 amide bonds. The molecule has 2 aromatic carbocycles. The van der Waals surface area contributed by atoms with Gasteiger partial charge in [-0.2, -0.15) is 40.5 Å². The fourth-order valence-electron chi connectivity index (χ4n) is 3.40. The lowest BCUT2D eigenvalue weighted by atomic mass is 10.1. The zero-order valence-electron chi connectivity index (χ0n) is 18.8. The number of hydrogen-bond acceptors (Lipinski definition) is 5. The minimum atomic E-state index is -4.64. The van der Waals surface area contributed by atoms with Crippen LogP contribution in [0.15, 0.2) is 70.6 Å². The van der Waals surface area contributed by atoms with Crippen molar-refractivity contribution in [2.24, 2.45) is 0 Å². The zero-order valence-corrected chi connectivity index (χ0v) is 19.6. The van der Waals surface area contributed by atoms with Crippen molar-refractivity contribution >= 4 is 22.5 Å². The highest BCUT2D eigenvalue weighted by molar-refractivity contribution is 7.99. The number of pyridine rings is 1. The third-order valence-electron chi connectivity index (χ3n) is 5.14. The molecule has 0 unspecified atom stereocenters. The number of rotatable bonds is 7. The van der Waals surface area contributed by atoms with E-state index in [2.05, 4.69) is 14.8 Å². The molecule has 194 valence electrons. The highest BCUT2D eigenvalue weighted by Crippen LogP contribution is 2.33. The Bertz CT molecular complexity index is 1490. The highest BCUT2D eigenvalue weighted by Gasteiger charge is 2.43. The Morgan fingerprint density at radius 3 is 2.30 bits per heavy atom. The SMILES string of the molecule is CCSc1cc(-c2ccc(OC(F)(F)C(F)F)cc2)cnc1-n1ncc2ccc(C(F)(F)F)cc2c1=O. The molecule has 13 heteroatoms. The topological polar surface area (TPSA) is 57.0 Å². The summed E-state index contributed by atoms with van der Waals surface area (Å²) in [5.41, 5.74) is -0.776. The van der Waals surface area contributed by atoms with E-state index in [1.807, 2.05) is 6.92 Å². The van der Waals surface area contributed by atoms with Gasteiger partial charge in [0.2, 0.25) is 0 Å².